The maximum Gasteiger partial charge on any atom is 0.269 e. The van der Waals surface area contributed by atoms with Gasteiger partial charge in [0.2, 0.25) is 0 Å². The maximum atomic E-state index is 12.9. The van der Waals surface area contributed by atoms with Gasteiger partial charge in [0.1, 0.15) is 5.69 Å². The van der Waals surface area contributed by atoms with Crippen LogP contribution in [0.2, 0.25) is 0 Å². The molecule has 1 aromatic heterocycles. The molecule has 154 valence electrons. The molecule has 0 radical (unpaired) electrons. The van der Waals surface area contributed by atoms with Gasteiger partial charge in [-0.3, -0.25) is 14.6 Å². The monoisotopic (exact) mass is 394 g/mol. The van der Waals surface area contributed by atoms with Crippen LogP contribution in [0.4, 0.5) is 5.69 Å². The van der Waals surface area contributed by atoms with E-state index in [1.165, 1.54) is 23.0 Å². The summed E-state index contributed by atoms with van der Waals surface area (Å²) in [5.41, 5.74) is 4.62. The van der Waals surface area contributed by atoms with Crippen LogP contribution in [0.1, 0.15) is 51.7 Å². The third-order valence-electron chi connectivity index (χ3n) is 5.54. The van der Waals surface area contributed by atoms with E-state index < -0.39 is 0 Å². The number of benzene rings is 1. The summed E-state index contributed by atoms with van der Waals surface area (Å²) in [6, 6.07) is 9.63. The highest BCUT2D eigenvalue weighted by Gasteiger charge is 2.24. The van der Waals surface area contributed by atoms with Crippen LogP contribution >= 0.6 is 0 Å². The van der Waals surface area contributed by atoms with Crippen LogP contribution in [0.15, 0.2) is 36.5 Å². The normalized spacial score (nSPS) is 14.0. The van der Waals surface area contributed by atoms with E-state index in [-0.39, 0.29) is 11.8 Å². The number of unbranched alkanes of at least 4 members (excludes halogenated alkanes) is 1. The third kappa shape index (κ3) is 4.94. The van der Waals surface area contributed by atoms with E-state index in [2.05, 4.69) is 54.2 Å². The lowest BCUT2D eigenvalue weighted by atomic mass is 10.1. The lowest BCUT2D eigenvalue weighted by Gasteiger charge is -2.37. The molecule has 0 bridgehead atoms. The predicted octanol–water partition coefficient (Wildman–Crippen LogP) is 3.19. The summed E-state index contributed by atoms with van der Waals surface area (Å²) in [6.45, 7) is 9.87. The number of aromatic nitrogens is 1. The van der Waals surface area contributed by atoms with Crippen molar-refractivity contribution in [1.29, 1.82) is 0 Å². The van der Waals surface area contributed by atoms with Crippen LogP contribution in [0.5, 0.6) is 0 Å². The molecule has 3 rings (SSSR count). The lowest BCUT2D eigenvalue weighted by Crippen LogP contribution is -2.49. The summed E-state index contributed by atoms with van der Waals surface area (Å²) < 4.78 is 0. The highest BCUT2D eigenvalue weighted by Crippen LogP contribution is 2.24. The zero-order chi connectivity index (χ0) is 20.8. The first-order valence-corrected chi connectivity index (χ1v) is 10.4. The Labute approximate surface area is 172 Å². The molecule has 2 amide bonds. The van der Waals surface area contributed by atoms with E-state index >= 15 is 0 Å². The Morgan fingerprint density at radius 1 is 1.10 bits per heavy atom. The molecule has 0 saturated carbocycles. The topological polar surface area (TPSA) is 65.5 Å². The minimum absolute atomic E-state index is 0.0457. The summed E-state index contributed by atoms with van der Waals surface area (Å²) in [4.78, 5) is 33.5. The van der Waals surface area contributed by atoms with Crippen molar-refractivity contribution in [2.75, 3.05) is 37.6 Å². The predicted molar refractivity (Wildman–Crippen MR) is 116 cm³/mol. The number of anilines is 1. The van der Waals surface area contributed by atoms with Crippen molar-refractivity contribution in [2.45, 2.75) is 33.6 Å². The second-order valence-electron chi connectivity index (χ2n) is 7.54. The molecule has 1 aromatic carbocycles. The van der Waals surface area contributed by atoms with Gasteiger partial charge in [0.05, 0.1) is 0 Å². The van der Waals surface area contributed by atoms with Crippen LogP contribution in [0.3, 0.4) is 0 Å². The Morgan fingerprint density at radius 2 is 1.86 bits per heavy atom. The SMILES string of the molecule is CCCCNC(=O)c1cc(C(=O)N2CCN(c3cccc(C)c3C)CC2)ccn1. The highest BCUT2D eigenvalue weighted by atomic mass is 16.2. The summed E-state index contributed by atoms with van der Waals surface area (Å²) in [5.74, 6) is -0.275. The number of rotatable bonds is 6. The van der Waals surface area contributed by atoms with Crippen molar-refractivity contribution in [2.24, 2.45) is 0 Å². The Balaban J connectivity index is 1.63. The molecule has 1 aliphatic rings. The van der Waals surface area contributed by atoms with E-state index in [0.717, 1.165) is 25.9 Å². The number of nitrogens with one attached hydrogen (secondary N) is 1. The highest BCUT2D eigenvalue weighted by molar-refractivity contribution is 5.98. The number of carbonyl (C=O) groups is 2. The molecule has 1 N–H and O–H groups in total. The quantitative estimate of drug-likeness (QED) is 0.764. The molecule has 0 aliphatic carbocycles. The van der Waals surface area contributed by atoms with Gasteiger partial charge in [0, 0.05) is 50.2 Å². The number of hydrogen-bond donors (Lipinski definition) is 1. The molecule has 29 heavy (non-hydrogen) atoms. The lowest BCUT2D eigenvalue weighted by molar-refractivity contribution is 0.0746. The largest absolute Gasteiger partial charge is 0.368 e. The maximum absolute atomic E-state index is 12.9. The standard InChI is InChI=1S/C23H30N4O2/c1-4-5-10-25-22(28)20-16-19(9-11-24-20)23(29)27-14-12-26(13-15-27)21-8-6-7-17(2)18(21)3/h6-9,11,16H,4-5,10,12-15H2,1-3H3,(H,25,28). The third-order valence-corrected chi connectivity index (χ3v) is 5.54. The molecular formula is C23H30N4O2. The molecule has 1 fully saturated rings. The minimum atomic E-state index is -0.229. The fraction of sp³-hybridized carbons (Fsp3) is 0.435. The van der Waals surface area contributed by atoms with E-state index in [9.17, 15) is 9.59 Å². The fourth-order valence-corrected chi connectivity index (χ4v) is 3.57. The zero-order valence-corrected chi connectivity index (χ0v) is 17.6. The molecule has 1 saturated heterocycles. The van der Waals surface area contributed by atoms with Gasteiger partial charge in [-0.2, -0.15) is 0 Å². The average Bonchev–Trinajstić information content (AvgIpc) is 2.75. The Bertz CT molecular complexity index is 873. The van der Waals surface area contributed by atoms with Gasteiger partial charge < -0.3 is 15.1 Å². The van der Waals surface area contributed by atoms with Gasteiger partial charge in [0.25, 0.3) is 11.8 Å². The zero-order valence-electron chi connectivity index (χ0n) is 17.6. The Kier molecular flexibility index (Phi) is 6.86. The second kappa shape index (κ2) is 9.54. The van der Waals surface area contributed by atoms with Crippen LogP contribution in [0.25, 0.3) is 0 Å². The number of piperazine rings is 1. The van der Waals surface area contributed by atoms with Gasteiger partial charge in [-0.25, -0.2) is 0 Å². The van der Waals surface area contributed by atoms with Gasteiger partial charge in [-0.1, -0.05) is 25.5 Å². The van der Waals surface area contributed by atoms with Crippen LogP contribution < -0.4 is 10.2 Å². The first kappa shape index (κ1) is 20.8. The molecule has 0 spiro atoms. The van der Waals surface area contributed by atoms with Crippen molar-refractivity contribution >= 4 is 17.5 Å². The van der Waals surface area contributed by atoms with Gasteiger partial charge in [0.15, 0.2) is 0 Å². The van der Waals surface area contributed by atoms with E-state index in [1.54, 1.807) is 12.1 Å². The van der Waals surface area contributed by atoms with Crippen molar-refractivity contribution < 1.29 is 9.59 Å². The number of carbonyl (C=O) groups excluding carboxylic acids is 2. The molecule has 0 atom stereocenters. The molecule has 2 heterocycles. The fourth-order valence-electron chi connectivity index (χ4n) is 3.57. The van der Waals surface area contributed by atoms with Crippen molar-refractivity contribution in [3.05, 3.63) is 58.9 Å². The molecular weight excluding hydrogens is 364 g/mol. The summed E-state index contributed by atoms with van der Waals surface area (Å²) >= 11 is 0. The van der Waals surface area contributed by atoms with E-state index in [1.807, 2.05) is 4.90 Å². The van der Waals surface area contributed by atoms with Gasteiger partial charge in [-0.05, 0) is 49.6 Å². The van der Waals surface area contributed by atoms with Crippen LogP contribution in [0, 0.1) is 13.8 Å². The van der Waals surface area contributed by atoms with E-state index in [4.69, 9.17) is 0 Å². The number of aryl methyl sites for hydroxylation is 1. The van der Waals surface area contributed by atoms with Gasteiger partial charge in [-0.15, -0.1) is 0 Å². The smallest absolute Gasteiger partial charge is 0.269 e. The van der Waals surface area contributed by atoms with Gasteiger partial charge >= 0.3 is 0 Å². The van der Waals surface area contributed by atoms with Crippen LogP contribution in [-0.2, 0) is 0 Å². The number of pyridine rings is 1. The molecule has 6 nitrogen and oxygen atoms in total. The van der Waals surface area contributed by atoms with Crippen LogP contribution in [-0.4, -0.2) is 54.4 Å². The summed E-state index contributed by atoms with van der Waals surface area (Å²) in [6.07, 6.45) is 3.48. The number of amides is 2. The average molecular weight is 395 g/mol. The summed E-state index contributed by atoms with van der Waals surface area (Å²) in [5, 5.41) is 2.85. The van der Waals surface area contributed by atoms with Crippen molar-refractivity contribution in [3.63, 3.8) is 0 Å². The number of nitrogens with zero attached hydrogens (tertiary/aromatic N) is 3. The Morgan fingerprint density at radius 3 is 2.59 bits per heavy atom. The molecule has 6 heteroatoms. The summed E-state index contributed by atoms with van der Waals surface area (Å²) in [7, 11) is 0. The van der Waals surface area contributed by atoms with Crippen molar-refractivity contribution in [3.8, 4) is 0 Å². The number of hydrogen-bond acceptors (Lipinski definition) is 4. The first-order chi connectivity index (χ1) is 14.0. The minimum Gasteiger partial charge on any atom is -0.368 e. The second-order valence-corrected chi connectivity index (χ2v) is 7.54. The Hall–Kier alpha value is -2.89. The molecule has 1 aliphatic heterocycles. The molecule has 2 aromatic rings. The first-order valence-electron chi connectivity index (χ1n) is 10.4. The molecule has 0 unspecified atom stereocenters. The van der Waals surface area contributed by atoms with E-state index in [0.29, 0.717) is 30.9 Å². The van der Waals surface area contributed by atoms with Crippen molar-refractivity contribution in [1.82, 2.24) is 15.2 Å².